The Labute approximate surface area is 51.0 Å². The SMILES string of the molecule is NN1NC(F)=CC=C1O. The number of allylic oxidation sites excluding steroid dienone is 2. The van der Waals surface area contributed by atoms with E-state index in [1.807, 2.05) is 5.43 Å². The summed E-state index contributed by atoms with van der Waals surface area (Å²) >= 11 is 0. The Balaban J connectivity index is 2.74. The maximum absolute atomic E-state index is 12.1. The van der Waals surface area contributed by atoms with Crippen LogP contribution in [-0.4, -0.2) is 10.2 Å². The summed E-state index contributed by atoms with van der Waals surface area (Å²) in [6.07, 6.45) is 2.21. The summed E-state index contributed by atoms with van der Waals surface area (Å²) in [6, 6.07) is 0. The first-order valence-electron chi connectivity index (χ1n) is 2.28. The Morgan fingerprint density at radius 3 is 2.78 bits per heavy atom. The van der Waals surface area contributed by atoms with Crippen LogP contribution < -0.4 is 11.3 Å². The smallest absolute Gasteiger partial charge is 0.221 e. The first-order chi connectivity index (χ1) is 4.20. The Hall–Kier alpha value is -1.23. The standard InChI is InChI=1S/C4H6FN3O/c5-3-1-2-4(9)8(6)7-3/h1-2,7,9H,6H2. The molecule has 0 radical (unpaired) electrons. The number of hydrazine groups is 2. The zero-order valence-corrected chi connectivity index (χ0v) is 4.50. The quantitative estimate of drug-likeness (QED) is 0.317. The molecule has 0 saturated heterocycles. The lowest BCUT2D eigenvalue weighted by atomic mass is 10.5. The van der Waals surface area contributed by atoms with E-state index in [9.17, 15) is 4.39 Å². The molecule has 0 aromatic rings. The first kappa shape index (κ1) is 5.90. The van der Waals surface area contributed by atoms with E-state index in [2.05, 4.69) is 0 Å². The molecule has 0 aliphatic carbocycles. The largest absolute Gasteiger partial charge is 0.493 e. The minimum absolute atomic E-state index is 0.226. The highest BCUT2D eigenvalue weighted by molar-refractivity contribution is 5.11. The van der Waals surface area contributed by atoms with Gasteiger partial charge in [-0.2, -0.15) is 9.51 Å². The van der Waals surface area contributed by atoms with Gasteiger partial charge in [-0.1, -0.05) is 0 Å². The van der Waals surface area contributed by atoms with Gasteiger partial charge in [0.1, 0.15) is 0 Å². The minimum Gasteiger partial charge on any atom is -0.493 e. The topological polar surface area (TPSA) is 61.5 Å². The van der Waals surface area contributed by atoms with Crippen molar-refractivity contribution in [3.05, 3.63) is 24.0 Å². The first-order valence-corrected chi connectivity index (χ1v) is 2.28. The number of hydrogen-bond donors (Lipinski definition) is 3. The predicted molar refractivity (Wildman–Crippen MR) is 29.1 cm³/mol. The molecule has 0 atom stereocenters. The lowest BCUT2D eigenvalue weighted by Crippen LogP contribution is -2.42. The van der Waals surface area contributed by atoms with Crippen LogP contribution in [0.15, 0.2) is 24.0 Å². The van der Waals surface area contributed by atoms with Crippen molar-refractivity contribution in [2.75, 3.05) is 0 Å². The van der Waals surface area contributed by atoms with Gasteiger partial charge in [0.05, 0.1) is 0 Å². The summed E-state index contributed by atoms with van der Waals surface area (Å²) in [6.45, 7) is 0. The third-order valence-electron chi connectivity index (χ3n) is 0.853. The average molecular weight is 131 g/mol. The van der Waals surface area contributed by atoms with Gasteiger partial charge in [-0.25, -0.2) is 5.84 Å². The fourth-order valence-corrected chi connectivity index (χ4v) is 0.438. The van der Waals surface area contributed by atoms with Gasteiger partial charge in [0, 0.05) is 6.08 Å². The second-order valence-electron chi connectivity index (χ2n) is 1.52. The molecule has 1 aliphatic rings. The van der Waals surface area contributed by atoms with E-state index in [4.69, 9.17) is 10.9 Å². The van der Waals surface area contributed by atoms with Crippen LogP contribution in [0.3, 0.4) is 0 Å². The van der Waals surface area contributed by atoms with E-state index in [0.717, 1.165) is 12.2 Å². The molecule has 4 nitrogen and oxygen atoms in total. The molecule has 0 unspecified atom stereocenters. The summed E-state index contributed by atoms with van der Waals surface area (Å²) in [7, 11) is 0. The lowest BCUT2D eigenvalue weighted by Gasteiger charge is -2.19. The van der Waals surface area contributed by atoms with E-state index in [0.29, 0.717) is 5.12 Å². The molecule has 0 aromatic carbocycles. The lowest BCUT2D eigenvalue weighted by molar-refractivity contribution is 0.142. The third kappa shape index (κ3) is 1.11. The Morgan fingerprint density at radius 2 is 2.33 bits per heavy atom. The highest BCUT2D eigenvalue weighted by Crippen LogP contribution is 2.02. The highest BCUT2D eigenvalue weighted by Gasteiger charge is 2.07. The molecule has 0 aromatic heterocycles. The van der Waals surface area contributed by atoms with E-state index in [1.165, 1.54) is 0 Å². The highest BCUT2D eigenvalue weighted by atomic mass is 19.1. The van der Waals surface area contributed by atoms with Crippen LogP contribution in [0.4, 0.5) is 4.39 Å². The molecule has 0 bridgehead atoms. The average Bonchev–Trinajstić information content (AvgIpc) is 1.80. The van der Waals surface area contributed by atoms with Crippen LogP contribution in [-0.2, 0) is 0 Å². The molecule has 1 aliphatic heterocycles. The van der Waals surface area contributed by atoms with Gasteiger partial charge >= 0.3 is 0 Å². The van der Waals surface area contributed by atoms with Gasteiger partial charge in [0.25, 0.3) is 0 Å². The summed E-state index contributed by atoms with van der Waals surface area (Å²) in [5.41, 5.74) is 2.02. The van der Waals surface area contributed by atoms with Gasteiger partial charge in [-0.15, -0.1) is 0 Å². The van der Waals surface area contributed by atoms with Crippen LogP contribution in [0, 0.1) is 0 Å². The number of nitrogens with two attached hydrogens (primary N) is 1. The monoisotopic (exact) mass is 131 g/mol. The van der Waals surface area contributed by atoms with Crippen molar-refractivity contribution >= 4 is 0 Å². The summed E-state index contributed by atoms with van der Waals surface area (Å²) in [5.74, 6) is 4.16. The van der Waals surface area contributed by atoms with Gasteiger partial charge < -0.3 is 5.11 Å². The number of nitrogens with zero attached hydrogens (tertiary/aromatic N) is 1. The molecule has 0 saturated carbocycles. The van der Waals surface area contributed by atoms with Crippen molar-refractivity contribution < 1.29 is 9.50 Å². The van der Waals surface area contributed by atoms with Crippen molar-refractivity contribution in [3.63, 3.8) is 0 Å². The Kier molecular flexibility index (Phi) is 1.27. The van der Waals surface area contributed by atoms with Crippen LogP contribution in [0.5, 0.6) is 0 Å². The normalized spacial score (nSPS) is 18.2. The zero-order chi connectivity index (χ0) is 6.85. The van der Waals surface area contributed by atoms with Crippen LogP contribution in [0.2, 0.25) is 0 Å². The fraction of sp³-hybridized carbons (Fsp3) is 0. The molecular weight excluding hydrogens is 125 g/mol. The molecule has 9 heavy (non-hydrogen) atoms. The third-order valence-corrected chi connectivity index (χ3v) is 0.853. The Morgan fingerprint density at radius 1 is 1.67 bits per heavy atom. The molecule has 1 rings (SSSR count). The van der Waals surface area contributed by atoms with Gasteiger partial charge in [0.2, 0.25) is 11.8 Å². The van der Waals surface area contributed by atoms with E-state index in [-0.39, 0.29) is 5.88 Å². The molecular formula is C4H6FN3O. The molecule has 0 amide bonds. The summed E-state index contributed by atoms with van der Waals surface area (Å²) in [5, 5.41) is 9.36. The van der Waals surface area contributed by atoms with E-state index in [1.54, 1.807) is 0 Å². The number of aliphatic hydroxyl groups is 1. The number of nitrogens with one attached hydrogen (secondary N) is 1. The molecule has 5 heteroatoms. The number of aliphatic hydroxyl groups excluding tert-OH is 1. The van der Waals surface area contributed by atoms with Gasteiger partial charge in [-0.3, -0.25) is 5.43 Å². The van der Waals surface area contributed by atoms with Gasteiger partial charge in [-0.05, 0) is 6.08 Å². The molecule has 0 spiro atoms. The van der Waals surface area contributed by atoms with Crippen LogP contribution in [0.25, 0.3) is 0 Å². The maximum atomic E-state index is 12.1. The molecule has 0 fully saturated rings. The van der Waals surface area contributed by atoms with Crippen molar-refractivity contribution in [2.45, 2.75) is 0 Å². The van der Waals surface area contributed by atoms with Crippen molar-refractivity contribution in [1.82, 2.24) is 10.5 Å². The number of hydrogen-bond acceptors (Lipinski definition) is 4. The van der Waals surface area contributed by atoms with E-state index < -0.39 is 5.95 Å². The zero-order valence-electron chi connectivity index (χ0n) is 4.50. The second-order valence-corrected chi connectivity index (χ2v) is 1.52. The predicted octanol–water partition coefficient (Wildman–Crippen LogP) is -0.109. The van der Waals surface area contributed by atoms with E-state index >= 15 is 0 Å². The Bertz CT molecular complexity index is 177. The van der Waals surface area contributed by atoms with Gasteiger partial charge in [0.15, 0.2) is 0 Å². The summed E-state index contributed by atoms with van der Waals surface area (Å²) in [4.78, 5) is 0. The maximum Gasteiger partial charge on any atom is 0.221 e. The number of rotatable bonds is 0. The summed E-state index contributed by atoms with van der Waals surface area (Å²) < 4.78 is 12.1. The second kappa shape index (κ2) is 1.94. The van der Waals surface area contributed by atoms with Crippen molar-refractivity contribution in [3.8, 4) is 0 Å². The van der Waals surface area contributed by atoms with Crippen LogP contribution >= 0.6 is 0 Å². The minimum atomic E-state index is -0.602. The van der Waals surface area contributed by atoms with Crippen molar-refractivity contribution in [1.29, 1.82) is 0 Å². The fourth-order valence-electron chi connectivity index (χ4n) is 0.438. The number of halogens is 1. The molecule has 50 valence electrons. The molecule has 1 heterocycles. The van der Waals surface area contributed by atoms with Crippen molar-refractivity contribution in [2.24, 2.45) is 5.84 Å². The molecule has 4 N–H and O–H groups in total. The van der Waals surface area contributed by atoms with Crippen LogP contribution in [0.1, 0.15) is 0 Å².